The maximum absolute atomic E-state index is 11.1. The molecule has 6 nitrogen and oxygen atoms in total. The predicted octanol–water partition coefficient (Wildman–Crippen LogP) is 1.33. The first-order valence-corrected chi connectivity index (χ1v) is 7.22. The van der Waals surface area contributed by atoms with Crippen LogP contribution in [0, 0.1) is 0 Å². The largest absolute Gasteiger partial charge is 0.478 e. The monoisotopic (exact) mass is 313 g/mol. The maximum atomic E-state index is 11.1. The van der Waals surface area contributed by atoms with Gasteiger partial charge in [0.1, 0.15) is 5.82 Å². The molecule has 1 fully saturated rings. The normalized spacial score (nSPS) is 17.0. The molecule has 0 radical (unpaired) electrons. The molecule has 21 heavy (non-hydrogen) atoms. The molecule has 0 spiro atoms. The van der Waals surface area contributed by atoms with Gasteiger partial charge >= 0.3 is 5.97 Å². The molecule has 0 unspecified atom stereocenters. The predicted molar refractivity (Wildman–Crippen MR) is 81.2 cm³/mol. The van der Waals surface area contributed by atoms with Gasteiger partial charge < -0.3 is 15.1 Å². The van der Waals surface area contributed by atoms with Crippen LogP contribution in [0.25, 0.3) is 0 Å². The highest BCUT2D eigenvalue weighted by atomic mass is 35.5. The van der Waals surface area contributed by atoms with Crippen LogP contribution in [0.1, 0.15) is 24.2 Å². The molecular formula is C14H20ClN3O3. The molecular weight excluding hydrogens is 294 g/mol. The topological polar surface area (TPSA) is 76.9 Å². The van der Waals surface area contributed by atoms with Gasteiger partial charge in [-0.05, 0) is 19.9 Å². The lowest BCUT2D eigenvalue weighted by molar-refractivity contribution is 0.0344. The van der Waals surface area contributed by atoms with E-state index in [1.807, 2.05) is 4.90 Å². The van der Waals surface area contributed by atoms with Gasteiger partial charge in [-0.2, -0.15) is 0 Å². The Balaban J connectivity index is 2.02. The Bertz CT molecular complexity index is 523. The fourth-order valence-corrected chi connectivity index (χ4v) is 2.63. The number of aliphatic hydroxyl groups is 1. The molecule has 1 aliphatic rings. The fourth-order valence-electron chi connectivity index (χ4n) is 2.45. The SMILES string of the molecule is CC(C)(O)CN1CCN(c2cc(C(=O)O)c(Cl)cn2)CC1. The van der Waals surface area contributed by atoms with Crippen LogP contribution in [0.2, 0.25) is 5.02 Å². The zero-order valence-electron chi connectivity index (χ0n) is 12.2. The summed E-state index contributed by atoms with van der Waals surface area (Å²) >= 11 is 5.83. The molecule has 1 aliphatic heterocycles. The fraction of sp³-hybridized carbons (Fsp3) is 0.571. The third-order valence-corrected chi connectivity index (χ3v) is 3.68. The van der Waals surface area contributed by atoms with Crippen LogP contribution in [0.3, 0.4) is 0 Å². The number of halogens is 1. The number of carboxylic acid groups (broad SMARTS) is 1. The van der Waals surface area contributed by atoms with E-state index in [1.54, 1.807) is 13.8 Å². The minimum Gasteiger partial charge on any atom is -0.478 e. The second-order valence-electron chi connectivity index (χ2n) is 5.90. The van der Waals surface area contributed by atoms with Crippen molar-refractivity contribution in [3.05, 3.63) is 22.8 Å². The third kappa shape index (κ3) is 4.30. The first-order chi connectivity index (χ1) is 9.76. The van der Waals surface area contributed by atoms with Gasteiger partial charge in [-0.1, -0.05) is 11.6 Å². The van der Waals surface area contributed by atoms with Gasteiger partial charge in [0.2, 0.25) is 0 Å². The lowest BCUT2D eigenvalue weighted by atomic mass is 10.1. The number of rotatable bonds is 4. The number of hydrogen-bond donors (Lipinski definition) is 2. The van der Waals surface area contributed by atoms with Crippen molar-refractivity contribution in [3.8, 4) is 0 Å². The highest BCUT2D eigenvalue weighted by Gasteiger charge is 2.24. The highest BCUT2D eigenvalue weighted by molar-refractivity contribution is 6.33. The zero-order valence-corrected chi connectivity index (χ0v) is 13.0. The summed E-state index contributed by atoms with van der Waals surface area (Å²) in [6, 6.07) is 1.51. The van der Waals surface area contributed by atoms with Gasteiger partial charge in [-0.25, -0.2) is 9.78 Å². The molecule has 0 saturated carbocycles. The van der Waals surface area contributed by atoms with Crippen molar-refractivity contribution in [3.63, 3.8) is 0 Å². The summed E-state index contributed by atoms with van der Waals surface area (Å²) in [5.41, 5.74) is -0.641. The molecule has 7 heteroatoms. The Kier molecular flexibility index (Phi) is 4.70. The number of aromatic carboxylic acids is 1. The molecule has 0 amide bonds. The molecule has 2 heterocycles. The van der Waals surface area contributed by atoms with Gasteiger partial charge in [0.05, 0.1) is 16.2 Å². The average Bonchev–Trinajstić information content (AvgIpc) is 2.38. The summed E-state index contributed by atoms with van der Waals surface area (Å²) in [5.74, 6) is -0.427. The molecule has 1 aromatic rings. The number of carboxylic acids is 1. The number of anilines is 1. The molecule has 2 N–H and O–H groups in total. The van der Waals surface area contributed by atoms with Crippen molar-refractivity contribution < 1.29 is 15.0 Å². The molecule has 0 atom stereocenters. The smallest absolute Gasteiger partial charge is 0.337 e. The minimum absolute atomic E-state index is 0.0700. The number of carbonyl (C=O) groups is 1. The lowest BCUT2D eigenvalue weighted by Gasteiger charge is -2.37. The van der Waals surface area contributed by atoms with Crippen molar-refractivity contribution in [1.29, 1.82) is 0 Å². The molecule has 1 aromatic heterocycles. The van der Waals surface area contributed by atoms with Crippen LogP contribution in [0.4, 0.5) is 5.82 Å². The summed E-state index contributed by atoms with van der Waals surface area (Å²) in [6.45, 7) is 7.29. The van der Waals surface area contributed by atoms with Gasteiger partial charge in [-0.15, -0.1) is 0 Å². The van der Waals surface area contributed by atoms with Gasteiger partial charge in [0, 0.05) is 38.9 Å². The summed E-state index contributed by atoms with van der Waals surface area (Å²) in [7, 11) is 0. The van der Waals surface area contributed by atoms with E-state index < -0.39 is 11.6 Å². The molecule has 1 saturated heterocycles. The van der Waals surface area contributed by atoms with Crippen molar-refractivity contribution in [1.82, 2.24) is 9.88 Å². The first kappa shape index (κ1) is 16.0. The van der Waals surface area contributed by atoms with E-state index in [1.165, 1.54) is 12.3 Å². The lowest BCUT2D eigenvalue weighted by Crippen LogP contribution is -2.50. The van der Waals surface area contributed by atoms with E-state index in [0.29, 0.717) is 12.4 Å². The summed E-state index contributed by atoms with van der Waals surface area (Å²) in [5, 5.41) is 19.1. The number of piperazine rings is 1. The van der Waals surface area contributed by atoms with E-state index in [9.17, 15) is 9.90 Å². The van der Waals surface area contributed by atoms with E-state index in [4.69, 9.17) is 16.7 Å². The van der Waals surface area contributed by atoms with E-state index >= 15 is 0 Å². The number of nitrogens with zero attached hydrogens (tertiary/aromatic N) is 3. The van der Waals surface area contributed by atoms with Gasteiger partial charge in [-0.3, -0.25) is 4.90 Å². The van der Waals surface area contributed by atoms with Crippen molar-refractivity contribution in [2.45, 2.75) is 19.4 Å². The Morgan fingerprint density at radius 1 is 1.38 bits per heavy atom. The molecule has 0 bridgehead atoms. The number of pyridine rings is 1. The highest BCUT2D eigenvalue weighted by Crippen LogP contribution is 2.21. The van der Waals surface area contributed by atoms with Crippen LogP contribution in [0.5, 0.6) is 0 Å². The minimum atomic E-state index is -1.05. The summed E-state index contributed by atoms with van der Waals surface area (Å²) in [6.07, 6.45) is 1.38. The quantitative estimate of drug-likeness (QED) is 0.873. The second-order valence-corrected chi connectivity index (χ2v) is 6.31. The van der Waals surface area contributed by atoms with Crippen LogP contribution in [-0.4, -0.2) is 64.4 Å². The third-order valence-electron chi connectivity index (χ3n) is 3.38. The molecule has 0 aromatic carbocycles. The van der Waals surface area contributed by atoms with Crippen LogP contribution in [-0.2, 0) is 0 Å². The average molecular weight is 314 g/mol. The number of β-amino-alcohol motifs (C(OH)–C–C–N with tert-alkyl or cyclic N) is 1. The van der Waals surface area contributed by atoms with E-state index in [-0.39, 0.29) is 10.6 Å². The molecule has 0 aliphatic carbocycles. The number of hydrogen-bond acceptors (Lipinski definition) is 5. The summed E-state index contributed by atoms with van der Waals surface area (Å²) in [4.78, 5) is 19.5. The Morgan fingerprint density at radius 2 is 2.00 bits per heavy atom. The zero-order chi connectivity index (χ0) is 15.6. The van der Waals surface area contributed by atoms with Crippen LogP contribution < -0.4 is 4.90 Å². The Morgan fingerprint density at radius 3 is 2.52 bits per heavy atom. The standard InChI is InChI=1S/C14H20ClN3O3/c1-14(2,21)9-17-3-5-18(6-4-17)12-7-10(13(19)20)11(15)8-16-12/h7-8,21H,3-6,9H2,1-2H3,(H,19,20). The van der Waals surface area contributed by atoms with E-state index in [2.05, 4.69) is 9.88 Å². The van der Waals surface area contributed by atoms with Crippen LogP contribution >= 0.6 is 11.6 Å². The second kappa shape index (κ2) is 6.17. The van der Waals surface area contributed by atoms with E-state index in [0.717, 1.165) is 26.2 Å². The van der Waals surface area contributed by atoms with Crippen LogP contribution in [0.15, 0.2) is 12.3 Å². The maximum Gasteiger partial charge on any atom is 0.337 e. The Labute approximate surface area is 129 Å². The van der Waals surface area contributed by atoms with Crippen molar-refractivity contribution >= 4 is 23.4 Å². The molecule has 2 rings (SSSR count). The number of aromatic nitrogens is 1. The van der Waals surface area contributed by atoms with Crippen molar-refractivity contribution in [2.75, 3.05) is 37.6 Å². The first-order valence-electron chi connectivity index (χ1n) is 6.85. The van der Waals surface area contributed by atoms with Gasteiger partial charge in [0.15, 0.2) is 0 Å². The van der Waals surface area contributed by atoms with Gasteiger partial charge in [0.25, 0.3) is 0 Å². The van der Waals surface area contributed by atoms with Crippen molar-refractivity contribution in [2.24, 2.45) is 0 Å². The molecule has 116 valence electrons. The summed E-state index contributed by atoms with van der Waals surface area (Å²) < 4.78 is 0. The Hall–Kier alpha value is -1.37.